The highest BCUT2D eigenvalue weighted by atomic mass is 32.1. The molecule has 5 heteroatoms. The highest BCUT2D eigenvalue weighted by Crippen LogP contribution is 2.30. The van der Waals surface area contributed by atoms with Gasteiger partial charge in [-0.3, -0.25) is 0 Å². The van der Waals surface area contributed by atoms with Gasteiger partial charge in [-0.15, -0.1) is 0 Å². The molecule has 78 valence electrons. The van der Waals surface area contributed by atoms with Gasteiger partial charge in [-0.25, -0.2) is 9.37 Å². The minimum atomic E-state index is -0.294. The Balaban J connectivity index is 2.18. The van der Waals surface area contributed by atoms with Crippen LogP contribution < -0.4 is 10.5 Å². The van der Waals surface area contributed by atoms with Gasteiger partial charge in [0.2, 0.25) is 0 Å². The first-order valence-electron chi connectivity index (χ1n) is 4.31. The third-order valence-corrected chi connectivity index (χ3v) is 2.70. The van der Waals surface area contributed by atoms with Crippen molar-refractivity contribution in [3.8, 4) is 10.9 Å². The molecule has 0 unspecified atom stereocenters. The summed E-state index contributed by atoms with van der Waals surface area (Å²) in [5, 5.41) is 1.10. The number of hydrogen-bond acceptors (Lipinski definition) is 4. The summed E-state index contributed by atoms with van der Waals surface area (Å²) in [7, 11) is 0. The molecule has 0 saturated heterocycles. The summed E-state index contributed by atoms with van der Waals surface area (Å²) in [6.07, 6.45) is 0. The lowest BCUT2D eigenvalue weighted by Gasteiger charge is -1.99. The molecule has 0 radical (unpaired) electrons. The minimum absolute atomic E-state index is 0.294. The van der Waals surface area contributed by atoms with E-state index in [1.54, 1.807) is 12.1 Å². The molecule has 2 N–H and O–H groups in total. The number of ether oxygens (including phenoxy) is 1. The summed E-state index contributed by atoms with van der Waals surface area (Å²) in [6, 6.07) is 5.75. The van der Waals surface area contributed by atoms with E-state index in [4.69, 9.17) is 10.5 Å². The second-order valence-electron chi connectivity index (χ2n) is 2.99. The van der Waals surface area contributed by atoms with E-state index in [1.807, 2.05) is 6.92 Å². The average Bonchev–Trinajstić information content (AvgIpc) is 2.50. The van der Waals surface area contributed by atoms with E-state index in [0.717, 1.165) is 5.69 Å². The molecule has 0 aliphatic heterocycles. The molecule has 1 aromatic heterocycles. The van der Waals surface area contributed by atoms with Crippen molar-refractivity contribution < 1.29 is 9.13 Å². The quantitative estimate of drug-likeness (QED) is 0.853. The highest BCUT2D eigenvalue weighted by molar-refractivity contribution is 7.17. The van der Waals surface area contributed by atoms with Crippen LogP contribution in [-0.4, -0.2) is 4.98 Å². The molecule has 15 heavy (non-hydrogen) atoms. The monoisotopic (exact) mass is 224 g/mol. The zero-order valence-electron chi connectivity index (χ0n) is 8.03. The summed E-state index contributed by atoms with van der Waals surface area (Å²) in [4.78, 5) is 4.11. The van der Waals surface area contributed by atoms with E-state index in [2.05, 4.69) is 4.98 Å². The van der Waals surface area contributed by atoms with E-state index < -0.39 is 0 Å². The van der Waals surface area contributed by atoms with Crippen molar-refractivity contribution in [3.05, 3.63) is 35.8 Å². The van der Waals surface area contributed by atoms with Crippen LogP contribution in [0.1, 0.15) is 5.69 Å². The lowest BCUT2D eigenvalue weighted by Crippen LogP contribution is -1.84. The fraction of sp³-hybridized carbons (Fsp3) is 0.100. The van der Waals surface area contributed by atoms with Crippen LogP contribution in [0, 0.1) is 12.7 Å². The summed E-state index contributed by atoms with van der Waals surface area (Å²) in [6.45, 7) is 1.81. The first-order valence-corrected chi connectivity index (χ1v) is 5.13. The molecule has 0 saturated carbocycles. The molecule has 0 aliphatic rings. The summed E-state index contributed by atoms with van der Waals surface area (Å²) < 4.78 is 18.0. The molecule has 0 spiro atoms. The van der Waals surface area contributed by atoms with Gasteiger partial charge in [0, 0.05) is 0 Å². The number of benzene rings is 1. The number of nitrogen functional groups attached to an aromatic ring is 1. The molecule has 2 rings (SSSR count). The Morgan fingerprint density at radius 3 is 2.53 bits per heavy atom. The molecule has 0 fully saturated rings. The van der Waals surface area contributed by atoms with Crippen LogP contribution in [0.15, 0.2) is 24.3 Å². The van der Waals surface area contributed by atoms with Gasteiger partial charge in [0.1, 0.15) is 16.6 Å². The number of nitrogens with zero attached hydrogens (tertiary/aromatic N) is 1. The number of aromatic nitrogens is 1. The molecule has 3 nitrogen and oxygen atoms in total. The number of halogens is 1. The number of aryl methyl sites for hydroxylation is 1. The number of anilines is 1. The maximum atomic E-state index is 12.6. The molecular weight excluding hydrogens is 215 g/mol. The number of nitrogens with two attached hydrogens (primary N) is 1. The Kier molecular flexibility index (Phi) is 2.55. The lowest BCUT2D eigenvalue weighted by atomic mass is 10.3. The Morgan fingerprint density at radius 2 is 2.00 bits per heavy atom. The molecule has 0 aliphatic carbocycles. The fourth-order valence-corrected chi connectivity index (χ4v) is 1.73. The average molecular weight is 224 g/mol. The van der Waals surface area contributed by atoms with Crippen molar-refractivity contribution in [2.45, 2.75) is 6.92 Å². The Bertz CT molecular complexity index is 447. The predicted molar refractivity (Wildman–Crippen MR) is 57.7 cm³/mol. The van der Waals surface area contributed by atoms with Crippen molar-refractivity contribution in [3.63, 3.8) is 0 Å². The Labute approximate surface area is 90.3 Å². The van der Waals surface area contributed by atoms with Gasteiger partial charge in [0.05, 0.1) is 5.69 Å². The van der Waals surface area contributed by atoms with Crippen LogP contribution in [-0.2, 0) is 0 Å². The van der Waals surface area contributed by atoms with Gasteiger partial charge in [0.25, 0.3) is 5.19 Å². The minimum Gasteiger partial charge on any atom is -0.431 e. The molecule has 1 aromatic carbocycles. The summed E-state index contributed by atoms with van der Waals surface area (Å²) in [5.74, 6) is 0.252. The molecule has 1 heterocycles. The first kappa shape index (κ1) is 9.92. The lowest BCUT2D eigenvalue weighted by molar-refractivity contribution is 0.476. The predicted octanol–water partition coefficient (Wildman–Crippen LogP) is 2.97. The van der Waals surface area contributed by atoms with Crippen molar-refractivity contribution >= 4 is 16.3 Å². The van der Waals surface area contributed by atoms with Crippen molar-refractivity contribution in [2.75, 3.05) is 5.73 Å². The standard InChI is InChI=1S/C10H9FN2OS/c1-6-9(12)15-10(13-6)14-8-4-2-7(11)3-5-8/h2-5H,12H2,1H3. The summed E-state index contributed by atoms with van der Waals surface area (Å²) in [5.41, 5.74) is 6.38. The maximum absolute atomic E-state index is 12.6. The van der Waals surface area contributed by atoms with Crippen molar-refractivity contribution in [2.24, 2.45) is 0 Å². The molecule has 0 amide bonds. The number of rotatable bonds is 2. The number of hydrogen-bond donors (Lipinski definition) is 1. The number of thiazole rings is 1. The van der Waals surface area contributed by atoms with Crippen molar-refractivity contribution in [1.29, 1.82) is 0 Å². The van der Waals surface area contributed by atoms with E-state index in [0.29, 0.717) is 15.9 Å². The van der Waals surface area contributed by atoms with Gasteiger partial charge < -0.3 is 10.5 Å². The first-order chi connectivity index (χ1) is 7.15. The fourth-order valence-electron chi connectivity index (χ4n) is 1.03. The van der Waals surface area contributed by atoms with Crippen LogP contribution in [0.3, 0.4) is 0 Å². The smallest absolute Gasteiger partial charge is 0.280 e. The second kappa shape index (κ2) is 3.86. The van der Waals surface area contributed by atoms with Gasteiger partial charge >= 0.3 is 0 Å². The molecule has 0 atom stereocenters. The van der Waals surface area contributed by atoms with E-state index in [-0.39, 0.29) is 5.82 Å². The molecule has 2 aromatic rings. The van der Waals surface area contributed by atoms with Crippen LogP contribution >= 0.6 is 11.3 Å². The normalized spacial score (nSPS) is 10.3. The van der Waals surface area contributed by atoms with Gasteiger partial charge in [-0.1, -0.05) is 11.3 Å². The Hall–Kier alpha value is -1.62. The van der Waals surface area contributed by atoms with Crippen LogP contribution in [0.5, 0.6) is 10.9 Å². The van der Waals surface area contributed by atoms with E-state index in [1.165, 1.54) is 23.5 Å². The second-order valence-corrected chi connectivity index (χ2v) is 3.98. The zero-order valence-corrected chi connectivity index (χ0v) is 8.84. The van der Waals surface area contributed by atoms with E-state index in [9.17, 15) is 4.39 Å². The van der Waals surface area contributed by atoms with E-state index >= 15 is 0 Å². The topological polar surface area (TPSA) is 48.1 Å². The third-order valence-electron chi connectivity index (χ3n) is 1.83. The van der Waals surface area contributed by atoms with Crippen LogP contribution in [0.2, 0.25) is 0 Å². The molecule has 0 bridgehead atoms. The van der Waals surface area contributed by atoms with Gasteiger partial charge in [-0.2, -0.15) is 0 Å². The Morgan fingerprint density at radius 1 is 1.33 bits per heavy atom. The molecular formula is C10H9FN2OS. The largest absolute Gasteiger partial charge is 0.431 e. The van der Waals surface area contributed by atoms with Crippen molar-refractivity contribution in [1.82, 2.24) is 4.98 Å². The highest BCUT2D eigenvalue weighted by Gasteiger charge is 2.06. The van der Waals surface area contributed by atoms with Gasteiger partial charge in [-0.05, 0) is 31.2 Å². The maximum Gasteiger partial charge on any atom is 0.280 e. The zero-order chi connectivity index (χ0) is 10.8. The van der Waals surface area contributed by atoms with Crippen LogP contribution in [0.25, 0.3) is 0 Å². The van der Waals surface area contributed by atoms with Crippen LogP contribution in [0.4, 0.5) is 9.39 Å². The summed E-state index contributed by atoms with van der Waals surface area (Å²) >= 11 is 1.26. The third kappa shape index (κ3) is 2.24. The SMILES string of the molecule is Cc1nc(Oc2ccc(F)cc2)sc1N. The van der Waals surface area contributed by atoms with Gasteiger partial charge in [0.15, 0.2) is 0 Å².